The third-order valence-corrected chi connectivity index (χ3v) is 5.34. The van der Waals surface area contributed by atoms with E-state index in [4.69, 9.17) is 11.6 Å². The summed E-state index contributed by atoms with van der Waals surface area (Å²) in [6.45, 7) is 2.06. The van der Waals surface area contributed by atoms with E-state index >= 15 is 0 Å². The summed E-state index contributed by atoms with van der Waals surface area (Å²) in [5, 5.41) is 13.9. The van der Waals surface area contributed by atoms with E-state index in [1.54, 1.807) is 6.20 Å². The number of aryl methyl sites for hydroxylation is 1. The molecule has 3 nitrogen and oxygen atoms in total. The van der Waals surface area contributed by atoms with Crippen LogP contribution in [0.25, 0.3) is 0 Å². The number of halogens is 2. The number of rotatable bonds is 6. The Kier molecular flexibility index (Phi) is 6.64. The van der Waals surface area contributed by atoms with Crippen molar-refractivity contribution >= 4 is 33.2 Å². The average Bonchev–Trinajstić information content (AvgIpc) is 2.67. The van der Waals surface area contributed by atoms with E-state index in [1.807, 2.05) is 42.5 Å². The van der Waals surface area contributed by atoms with Gasteiger partial charge in [-0.25, -0.2) is 0 Å². The predicted molar refractivity (Wildman–Crippen MR) is 114 cm³/mol. The van der Waals surface area contributed by atoms with Gasteiger partial charge in [-0.1, -0.05) is 57.0 Å². The normalized spacial score (nSPS) is 12.8. The van der Waals surface area contributed by atoms with Crippen LogP contribution in [0.3, 0.4) is 0 Å². The molecule has 0 aliphatic heterocycles. The van der Waals surface area contributed by atoms with E-state index in [2.05, 4.69) is 51.2 Å². The van der Waals surface area contributed by atoms with E-state index in [0.717, 1.165) is 26.3 Å². The Morgan fingerprint density at radius 3 is 2.56 bits per heavy atom. The van der Waals surface area contributed by atoms with E-state index in [9.17, 15) is 5.21 Å². The Morgan fingerprint density at radius 1 is 1.15 bits per heavy atom. The predicted octanol–water partition coefficient (Wildman–Crippen LogP) is 6.40. The molecule has 0 spiro atoms. The van der Waals surface area contributed by atoms with Crippen molar-refractivity contribution < 1.29 is 5.21 Å². The minimum atomic E-state index is 0.0602. The first-order valence-electron chi connectivity index (χ1n) is 8.68. The van der Waals surface area contributed by atoms with Crippen LogP contribution in [0, 0.1) is 6.92 Å². The van der Waals surface area contributed by atoms with Gasteiger partial charge in [0, 0.05) is 40.1 Å². The van der Waals surface area contributed by atoms with Crippen LogP contribution in [0.2, 0.25) is 5.02 Å². The zero-order chi connectivity index (χ0) is 19.2. The first-order chi connectivity index (χ1) is 13.1. The molecule has 1 aromatic heterocycles. The van der Waals surface area contributed by atoms with Crippen LogP contribution in [0.5, 0.6) is 0 Å². The quantitative estimate of drug-likeness (QED) is 0.272. The number of benzene rings is 2. The summed E-state index contributed by atoms with van der Waals surface area (Å²) in [6.07, 6.45) is 2.86. The first kappa shape index (κ1) is 19.6. The molecule has 0 saturated heterocycles. The maximum atomic E-state index is 9.62. The molecule has 27 heavy (non-hydrogen) atoms. The molecule has 0 amide bonds. The smallest absolute Gasteiger partial charge is 0.0639 e. The molecule has 0 aliphatic rings. The van der Waals surface area contributed by atoms with Gasteiger partial charge in [0.05, 0.1) is 5.71 Å². The van der Waals surface area contributed by atoms with Crippen LogP contribution < -0.4 is 0 Å². The van der Waals surface area contributed by atoms with E-state index < -0.39 is 0 Å². The minimum absolute atomic E-state index is 0.0602. The lowest BCUT2D eigenvalue weighted by atomic mass is 9.84. The van der Waals surface area contributed by atoms with Crippen molar-refractivity contribution in [1.29, 1.82) is 0 Å². The number of hydrogen-bond acceptors (Lipinski definition) is 3. The second kappa shape index (κ2) is 9.16. The number of oxime groups is 1. The molecule has 2 aromatic carbocycles. The van der Waals surface area contributed by atoms with E-state index in [1.165, 1.54) is 5.56 Å². The van der Waals surface area contributed by atoms with Crippen LogP contribution >= 0.6 is 27.5 Å². The molecule has 0 fully saturated rings. The highest BCUT2D eigenvalue weighted by molar-refractivity contribution is 9.10. The van der Waals surface area contributed by atoms with Gasteiger partial charge in [0.2, 0.25) is 0 Å². The minimum Gasteiger partial charge on any atom is -0.411 e. The van der Waals surface area contributed by atoms with Crippen molar-refractivity contribution in [2.24, 2.45) is 5.16 Å². The van der Waals surface area contributed by atoms with Gasteiger partial charge in [-0.3, -0.25) is 4.98 Å². The summed E-state index contributed by atoms with van der Waals surface area (Å²) in [7, 11) is 0. The number of nitrogens with zero attached hydrogens (tertiary/aromatic N) is 2. The van der Waals surface area contributed by atoms with Crippen molar-refractivity contribution in [3.05, 3.63) is 98.7 Å². The lowest BCUT2D eigenvalue weighted by Gasteiger charge is -2.21. The van der Waals surface area contributed by atoms with Gasteiger partial charge in [0.25, 0.3) is 0 Å². The summed E-state index contributed by atoms with van der Waals surface area (Å²) < 4.78 is 1.03. The molecular formula is C22H20BrClN2O. The standard InChI is InChI=1S/C22H20BrClN2O/c1-15-12-18(24)9-10-21(15)22(16-5-7-17(23)8-6-16)14-20(26-27)13-19-4-2-3-11-25-19/h2-12,22,27H,13-14H2,1H3/t22-/m1/s1. The third kappa shape index (κ3) is 5.18. The van der Waals surface area contributed by atoms with E-state index in [0.29, 0.717) is 18.6 Å². The van der Waals surface area contributed by atoms with Crippen molar-refractivity contribution in [3.63, 3.8) is 0 Å². The Morgan fingerprint density at radius 2 is 1.93 bits per heavy atom. The van der Waals surface area contributed by atoms with Gasteiger partial charge in [-0.05, 0) is 60.0 Å². The second-order valence-corrected chi connectivity index (χ2v) is 7.83. The zero-order valence-electron chi connectivity index (χ0n) is 14.9. The molecule has 0 unspecified atom stereocenters. The van der Waals surface area contributed by atoms with Crippen LogP contribution in [-0.2, 0) is 6.42 Å². The first-order valence-corrected chi connectivity index (χ1v) is 9.85. The van der Waals surface area contributed by atoms with E-state index in [-0.39, 0.29) is 5.92 Å². The molecule has 1 atom stereocenters. The maximum Gasteiger partial charge on any atom is 0.0639 e. The highest BCUT2D eigenvalue weighted by atomic mass is 79.9. The van der Waals surface area contributed by atoms with Crippen LogP contribution in [-0.4, -0.2) is 15.9 Å². The highest BCUT2D eigenvalue weighted by Crippen LogP contribution is 2.33. The van der Waals surface area contributed by atoms with Crippen molar-refractivity contribution in [2.75, 3.05) is 0 Å². The molecule has 5 heteroatoms. The molecule has 1 N–H and O–H groups in total. The monoisotopic (exact) mass is 442 g/mol. The molecule has 1 heterocycles. The highest BCUT2D eigenvalue weighted by Gasteiger charge is 2.20. The Hall–Kier alpha value is -2.17. The van der Waals surface area contributed by atoms with Crippen LogP contribution in [0.15, 0.2) is 76.5 Å². The van der Waals surface area contributed by atoms with Crippen LogP contribution in [0.4, 0.5) is 0 Å². The average molecular weight is 444 g/mol. The molecule has 0 saturated carbocycles. The molecule has 3 aromatic rings. The molecule has 3 rings (SSSR count). The van der Waals surface area contributed by atoms with Crippen molar-refractivity contribution in [1.82, 2.24) is 4.98 Å². The van der Waals surface area contributed by atoms with Gasteiger partial charge in [-0.2, -0.15) is 0 Å². The van der Waals surface area contributed by atoms with Gasteiger partial charge in [0.15, 0.2) is 0 Å². The van der Waals surface area contributed by atoms with Crippen LogP contribution in [0.1, 0.15) is 34.7 Å². The lowest BCUT2D eigenvalue weighted by molar-refractivity contribution is 0.316. The lowest BCUT2D eigenvalue weighted by Crippen LogP contribution is -2.13. The van der Waals surface area contributed by atoms with Gasteiger partial charge in [-0.15, -0.1) is 0 Å². The molecular weight excluding hydrogens is 424 g/mol. The third-order valence-electron chi connectivity index (χ3n) is 4.57. The largest absolute Gasteiger partial charge is 0.411 e. The van der Waals surface area contributed by atoms with Crippen molar-refractivity contribution in [3.8, 4) is 0 Å². The number of pyridine rings is 1. The van der Waals surface area contributed by atoms with Gasteiger partial charge in [0.1, 0.15) is 0 Å². The molecule has 0 bridgehead atoms. The topological polar surface area (TPSA) is 45.5 Å². The van der Waals surface area contributed by atoms with Gasteiger partial charge >= 0.3 is 0 Å². The fourth-order valence-corrected chi connectivity index (χ4v) is 3.72. The summed E-state index contributed by atoms with van der Waals surface area (Å²) in [5.74, 6) is 0.0602. The second-order valence-electron chi connectivity index (χ2n) is 6.47. The SMILES string of the molecule is Cc1cc(Cl)ccc1[C@H](CC(Cc1ccccn1)=NO)c1ccc(Br)cc1. The number of hydrogen-bond donors (Lipinski definition) is 1. The maximum absolute atomic E-state index is 9.62. The molecule has 0 radical (unpaired) electrons. The van der Waals surface area contributed by atoms with Gasteiger partial charge < -0.3 is 5.21 Å². The zero-order valence-corrected chi connectivity index (χ0v) is 17.3. The number of aromatic nitrogens is 1. The molecule has 0 aliphatic carbocycles. The summed E-state index contributed by atoms with van der Waals surface area (Å²) in [4.78, 5) is 4.34. The summed E-state index contributed by atoms with van der Waals surface area (Å²) in [5.41, 5.74) is 5.02. The Bertz CT molecular complexity index is 927. The Labute approximate surface area is 172 Å². The Balaban J connectivity index is 1.95. The van der Waals surface area contributed by atoms with Crippen molar-refractivity contribution in [2.45, 2.75) is 25.7 Å². The fraction of sp³-hybridized carbons (Fsp3) is 0.182. The summed E-state index contributed by atoms with van der Waals surface area (Å²) >= 11 is 9.64. The summed E-state index contributed by atoms with van der Waals surface area (Å²) in [6, 6.07) is 19.9. The molecule has 138 valence electrons. The fourth-order valence-electron chi connectivity index (χ4n) is 3.23.